The van der Waals surface area contributed by atoms with E-state index in [1.54, 1.807) is 0 Å². The number of hydrogen-bond donors (Lipinski definition) is 0. The second-order valence-electron chi connectivity index (χ2n) is 3.53. The summed E-state index contributed by atoms with van der Waals surface area (Å²) in [6, 6.07) is 8.56. The van der Waals surface area contributed by atoms with Crippen LogP contribution in [0.1, 0.15) is 25.0 Å². The van der Waals surface area contributed by atoms with Crippen molar-refractivity contribution in [2.45, 2.75) is 13.8 Å². The molecule has 0 N–H and O–H groups in total. The molecule has 1 aromatic rings. The summed E-state index contributed by atoms with van der Waals surface area (Å²) < 4.78 is 0. The van der Waals surface area contributed by atoms with Gasteiger partial charge in [0, 0.05) is 5.92 Å². The molecule has 1 aliphatic carbocycles. The van der Waals surface area contributed by atoms with Gasteiger partial charge in [-0.2, -0.15) is 0 Å². The van der Waals surface area contributed by atoms with Crippen molar-refractivity contribution in [1.29, 1.82) is 0 Å². The van der Waals surface area contributed by atoms with Gasteiger partial charge in [-0.25, -0.2) is 0 Å². The standard InChI is InChI=1S/C12H13/c1-9(2)11-8-7-10-5-3-4-6-12(10)11/h3-9H,1-2H3. The second-order valence-corrected chi connectivity index (χ2v) is 3.53. The smallest absolute Gasteiger partial charge is 0.0298 e. The van der Waals surface area contributed by atoms with Crippen LogP contribution in [0.4, 0.5) is 0 Å². The van der Waals surface area contributed by atoms with E-state index < -0.39 is 0 Å². The van der Waals surface area contributed by atoms with Crippen molar-refractivity contribution >= 4 is 6.08 Å². The summed E-state index contributed by atoms with van der Waals surface area (Å²) in [4.78, 5) is 0. The molecular formula is C12H13. The Morgan fingerprint density at radius 1 is 1.00 bits per heavy atom. The van der Waals surface area contributed by atoms with Crippen molar-refractivity contribution in [3.05, 3.63) is 47.4 Å². The van der Waals surface area contributed by atoms with E-state index in [-0.39, 0.29) is 0 Å². The first kappa shape index (κ1) is 7.60. The first-order valence-corrected chi connectivity index (χ1v) is 4.43. The number of hydrogen-bond acceptors (Lipinski definition) is 0. The molecule has 2 rings (SSSR count). The lowest BCUT2D eigenvalue weighted by Crippen LogP contribution is -2.02. The molecule has 1 radical (unpaired) electrons. The third-order valence-electron chi connectivity index (χ3n) is 2.34. The summed E-state index contributed by atoms with van der Waals surface area (Å²) >= 11 is 0. The Balaban J connectivity index is 2.42. The normalized spacial score (nSPS) is 15.6. The van der Waals surface area contributed by atoms with Crippen LogP contribution in [0.15, 0.2) is 30.3 Å². The predicted octanol–water partition coefficient (Wildman–Crippen LogP) is 3.29. The van der Waals surface area contributed by atoms with Gasteiger partial charge in [-0.05, 0) is 17.0 Å². The number of rotatable bonds is 1. The fourth-order valence-electron chi connectivity index (χ4n) is 1.68. The molecule has 0 aliphatic heterocycles. The second kappa shape index (κ2) is 2.78. The minimum absolute atomic E-state index is 0.630. The third-order valence-corrected chi connectivity index (χ3v) is 2.34. The highest BCUT2D eigenvalue weighted by Gasteiger charge is 2.19. The van der Waals surface area contributed by atoms with Crippen molar-refractivity contribution in [2.24, 2.45) is 5.92 Å². The summed E-state index contributed by atoms with van der Waals surface area (Å²) in [6.07, 6.45) is 4.43. The minimum Gasteiger partial charge on any atom is -0.0719 e. The molecule has 0 spiro atoms. The molecule has 0 bridgehead atoms. The molecule has 1 aliphatic rings. The summed E-state index contributed by atoms with van der Waals surface area (Å²) in [7, 11) is 0. The fourth-order valence-corrected chi connectivity index (χ4v) is 1.68. The van der Waals surface area contributed by atoms with Gasteiger partial charge < -0.3 is 0 Å². The molecule has 0 heterocycles. The van der Waals surface area contributed by atoms with Gasteiger partial charge in [-0.1, -0.05) is 50.3 Å². The highest BCUT2D eigenvalue weighted by atomic mass is 14.2. The Hall–Kier alpha value is -1.04. The molecule has 61 valence electrons. The van der Waals surface area contributed by atoms with Crippen LogP contribution >= 0.6 is 0 Å². The maximum absolute atomic E-state index is 2.24. The van der Waals surface area contributed by atoms with E-state index in [0.29, 0.717) is 5.92 Å². The first-order valence-electron chi connectivity index (χ1n) is 4.43. The Morgan fingerprint density at radius 2 is 1.75 bits per heavy atom. The van der Waals surface area contributed by atoms with E-state index in [1.807, 2.05) is 0 Å². The summed E-state index contributed by atoms with van der Waals surface area (Å²) in [5.74, 6) is 2.09. The Bertz CT molecular complexity index is 308. The minimum atomic E-state index is 0.630. The summed E-state index contributed by atoms with van der Waals surface area (Å²) in [5, 5.41) is 0. The average Bonchev–Trinajstić information content (AvgIpc) is 2.47. The summed E-state index contributed by atoms with van der Waals surface area (Å²) in [5.41, 5.74) is 2.77. The van der Waals surface area contributed by atoms with E-state index in [9.17, 15) is 0 Å². The average molecular weight is 157 g/mol. The molecular weight excluding hydrogens is 144 g/mol. The molecule has 0 aromatic heterocycles. The Kier molecular flexibility index (Phi) is 1.76. The lowest BCUT2D eigenvalue weighted by atomic mass is 9.90. The maximum atomic E-state index is 2.24. The van der Waals surface area contributed by atoms with Gasteiger partial charge in [0.1, 0.15) is 0 Å². The third kappa shape index (κ3) is 1.08. The molecule has 12 heavy (non-hydrogen) atoms. The first-order chi connectivity index (χ1) is 5.79. The molecule has 0 fully saturated rings. The summed E-state index contributed by atoms with van der Waals surface area (Å²) in [6.45, 7) is 4.48. The fraction of sp³-hybridized carbons (Fsp3) is 0.250. The van der Waals surface area contributed by atoms with Crippen LogP contribution in [0.25, 0.3) is 6.08 Å². The van der Waals surface area contributed by atoms with Gasteiger partial charge in [-0.15, -0.1) is 0 Å². The zero-order valence-electron chi connectivity index (χ0n) is 7.54. The number of benzene rings is 1. The molecule has 0 saturated heterocycles. The van der Waals surface area contributed by atoms with E-state index in [0.717, 1.165) is 0 Å². The largest absolute Gasteiger partial charge is 0.0719 e. The topological polar surface area (TPSA) is 0 Å². The molecule has 0 unspecified atom stereocenters. The van der Waals surface area contributed by atoms with Crippen molar-refractivity contribution in [3.63, 3.8) is 0 Å². The van der Waals surface area contributed by atoms with Gasteiger partial charge in [0.2, 0.25) is 0 Å². The van der Waals surface area contributed by atoms with Gasteiger partial charge in [-0.3, -0.25) is 0 Å². The number of allylic oxidation sites excluding steroid dienone is 1. The van der Waals surface area contributed by atoms with Crippen molar-refractivity contribution < 1.29 is 0 Å². The number of fused-ring (bicyclic) bond motifs is 1. The van der Waals surface area contributed by atoms with Gasteiger partial charge in [0.15, 0.2) is 0 Å². The zero-order valence-corrected chi connectivity index (χ0v) is 7.54. The molecule has 1 aromatic carbocycles. The monoisotopic (exact) mass is 157 g/mol. The van der Waals surface area contributed by atoms with Crippen LogP contribution in [0, 0.1) is 11.8 Å². The van der Waals surface area contributed by atoms with Crippen molar-refractivity contribution in [2.75, 3.05) is 0 Å². The Labute approximate surface area is 73.9 Å². The molecule has 0 atom stereocenters. The van der Waals surface area contributed by atoms with Crippen molar-refractivity contribution in [3.8, 4) is 0 Å². The van der Waals surface area contributed by atoms with E-state index in [1.165, 1.54) is 17.0 Å². The highest BCUT2D eigenvalue weighted by molar-refractivity contribution is 5.68. The lowest BCUT2D eigenvalue weighted by molar-refractivity contribution is 0.725. The van der Waals surface area contributed by atoms with E-state index in [2.05, 4.69) is 50.3 Å². The maximum Gasteiger partial charge on any atom is 0.0298 e. The van der Waals surface area contributed by atoms with E-state index >= 15 is 0 Å². The van der Waals surface area contributed by atoms with E-state index in [4.69, 9.17) is 0 Å². The van der Waals surface area contributed by atoms with Crippen LogP contribution in [0.3, 0.4) is 0 Å². The van der Waals surface area contributed by atoms with Crippen LogP contribution in [-0.4, -0.2) is 0 Å². The SMILES string of the molecule is CC(C)[C]1C=Cc2ccccc21. The van der Waals surface area contributed by atoms with Gasteiger partial charge >= 0.3 is 0 Å². The van der Waals surface area contributed by atoms with Crippen LogP contribution in [0.5, 0.6) is 0 Å². The van der Waals surface area contributed by atoms with Gasteiger partial charge in [0.05, 0.1) is 0 Å². The Morgan fingerprint density at radius 3 is 2.50 bits per heavy atom. The predicted molar refractivity (Wildman–Crippen MR) is 52.7 cm³/mol. The lowest BCUT2D eigenvalue weighted by Gasteiger charge is -2.13. The molecule has 0 nitrogen and oxygen atoms in total. The quantitative estimate of drug-likeness (QED) is 0.586. The molecule has 0 amide bonds. The highest BCUT2D eigenvalue weighted by Crippen LogP contribution is 2.33. The van der Waals surface area contributed by atoms with Gasteiger partial charge in [0.25, 0.3) is 0 Å². The zero-order chi connectivity index (χ0) is 8.55. The van der Waals surface area contributed by atoms with Crippen LogP contribution < -0.4 is 0 Å². The molecule has 0 heteroatoms. The molecule has 0 saturated carbocycles. The van der Waals surface area contributed by atoms with Crippen LogP contribution in [-0.2, 0) is 0 Å². The van der Waals surface area contributed by atoms with Crippen molar-refractivity contribution in [1.82, 2.24) is 0 Å². The van der Waals surface area contributed by atoms with Crippen LogP contribution in [0.2, 0.25) is 0 Å².